The predicted octanol–water partition coefficient (Wildman–Crippen LogP) is 5.92. The summed E-state index contributed by atoms with van der Waals surface area (Å²) in [4.78, 5) is 0. The molecular weight excluding hydrogens is 355 g/mol. The highest BCUT2D eigenvalue weighted by Gasteiger charge is 2.26. The maximum atomic E-state index is 5.82. The molecule has 5 heteroatoms. The van der Waals surface area contributed by atoms with Crippen molar-refractivity contribution >= 4 is 48.8 Å². The van der Waals surface area contributed by atoms with E-state index in [1.807, 2.05) is 0 Å². The van der Waals surface area contributed by atoms with Crippen LogP contribution in [0.2, 0.25) is 19.6 Å². The second kappa shape index (κ2) is 8.24. The van der Waals surface area contributed by atoms with Crippen molar-refractivity contribution < 1.29 is 0 Å². The van der Waals surface area contributed by atoms with Gasteiger partial charge in [-0.2, -0.15) is 0 Å². The Kier molecular flexibility index (Phi) is 6.01. The molecule has 0 fully saturated rings. The number of allylic oxidation sites excluding steroid dienone is 2. The lowest BCUT2D eigenvalue weighted by molar-refractivity contribution is 0.819. The summed E-state index contributed by atoms with van der Waals surface area (Å²) in [7, 11) is -1.44. The van der Waals surface area contributed by atoms with Crippen LogP contribution in [0.5, 0.6) is 0 Å². The molecule has 0 unspecified atom stereocenters. The summed E-state index contributed by atoms with van der Waals surface area (Å²) in [5.74, 6) is 4.21. The lowest BCUT2D eigenvalue weighted by atomic mass is 9.65. The maximum absolute atomic E-state index is 5.82. The summed E-state index contributed by atoms with van der Waals surface area (Å²) < 4.78 is 0. The maximum Gasteiger partial charge on any atom is 0.414 e. The Morgan fingerprint density at radius 3 is 2.31 bits per heavy atom. The van der Waals surface area contributed by atoms with E-state index in [0.717, 1.165) is 30.6 Å². The smallest absolute Gasteiger partial charge is 0.404 e. The minimum atomic E-state index is -1.44. The molecular formula is C21H26BClN2Si. The number of alkyl halides is 1. The molecule has 0 aromatic heterocycles. The molecule has 0 bridgehead atoms. The van der Waals surface area contributed by atoms with Crippen LogP contribution >= 0.6 is 11.6 Å². The van der Waals surface area contributed by atoms with E-state index in [1.165, 1.54) is 22.1 Å². The van der Waals surface area contributed by atoms with Crippen LogP contribution in [-0.4, -0.2) is 20.9 Å². The molecule has 0 atom stereocenters. The third kappa shape index (κ3) is 4.66. The zero-order valence-electron chi connectivity index (χ0n) is 15.8. The van der Waals surface area contributed by atoms with E-state index in [2.05, 4.69) is 84.0 Å². The largest absolute Gasteiger partial charge is 0.414 e. The van der Waals surface area contributed by atoms with Crippen molar-refractivity contribution in [3.05, 3.63) is 47.9 Å². The molecule has 2 nitrogen and oxygen atoms in total. The number of benzene rings is 2. The fraction of sp³-hybridized carbons (Fsp3) is 0.333. The van der Waals surface area contributed by atoms with E-state index in [1.54, 1.807) is 0 Å². The zero-order chi connectivity index (χ0) is 18.6. The Bertz CT molecular complexity index is 836. The lowest BCUT2D eigenvalue weighted by Gasteiger charge is -2.27. The first-order valence-corrected chi connectivity index (χ1v) is 13.4. The molecule has 1 aliphatic heterocycles. The molecule has 134 valence electrons. The topological polar surface area (TPSA) is 24.1 Å². The van der Waals surface area contributed by atoms with Crippen LogP contribution in [0, 0.1) is 11.5 Å². The van der Waals surface area contributed by atoms with Gasteiger partial charge in [0, 0.05) is 28.1 Å². The van der Waals surface area contributed by atoms with Crippen LogP contribution in [0.25, 0.3) is 10.8 Å². The van der Waals surface area contributed by atoms with Gasteiger partial charge in [-0.25, -0.2) is 0 Å². The Balaban J connectivity index is 1.91. The monoisotopic (exact) mass is 380 g/mol. The standard InChI is InChI=1S/C21H26BClN2Si/c1-26(2,3)16-14-18(11-5-4-6-15-23)22-24-19-12-7-9-17-10-8-13-20(25-22)21(17)19/h7-13,24-25H,4-6,15H2,1-3H3/b18-11+. The quantitative estimate of drug-likeness (QED) is 0.291. The molecule has 1 aliphatic rings. The highest BCUT2D eigenvalue weighted by atomic mass is 35.5. The zero-order valence-corrected chi connectivity index (χ0v) is 17.6. The molecule has 0 radical (unpaired) electrons. The van der Waals surface area contributed by atoms with Gasteiger partial charge in [-0.05, 0) is 36.8 Å². The molecule has 3 rings (SSSR count). The van der Waals surface area contributed by atoms with E-state index in [4.69, 9.17) is 11.6 Å². The number of halogens is 1. The second-order valence-electron chi connectivity index (χ2n) is 7.78. The molecule has 26 heavy (non-hydrogen) atoms. The summed E-state index contributed by atoms with van der Waals surface area (Å²) >= 11 is 5.82. The second-order valence-corrected chi connectivity index (χ2v) is 12.9. The van der Waals surface area contributed by atoms with Crippen LogP contribution in [0.1, 0.15) is 19.3 Å². The Morgan fingerprint density at radius 1 is 1.08 bits per heavy atom. The van der Waals surface area contributed by atoms with Crippen molar-refractivity contribution in [2.75, 3.05) is 16.3 Å². The van der Waals surface area contributed by atoms with Crippen molar-refractivity contribution in [2.24, 2.45) is 0 Å². The predicted molar refractivity (Wildman–Crippen MR) is 121 cm³/mol. The van der Waals surface area contributed by atoms with Gasteiger partial charge >= 0.3 is 6.98 Å². The van der Waals surface area contributed by atoms with Crippen LogP contribution in [-0.2, 0) is 0 Å². The third-order valence-electron chi connectivity index (χ3n) is 4.35. The average Bonchev–Trinajstić information content (AvgIpc) is 2.60. The van der Waals surface area contributed by atoms with Gasteiger partial charge in [-0.1, -0.05) is 55.9 Å². The van der Waals surface area contributed by atoms with E-state index >= 15 is 0 Å². The number of anilines is 2. The van der Waals surface area contributed by atoms with Crippen LogP contribution < -0.4 is 10.5 Å². The summed E-state index contributed by atoms with van der Waals surface area (Å²) in [6, 6.07) is 12.8. The summed E-state index contributed by atoms with van der Waals surface area (Å²) in [6.07, 6.45) is 5.42. The highest BCUT2D eigenvalue weighted by molar-refractivity contribution is 6.84. The van der Waals surface area contributed by atoms with Gasteiger partial charge in [0.1, 0.15) is 8.07 Å². The van der Waals surface area contributed by atoms with E-state index in [0.29, 0.717) is 0 Å². The molecule has 0 aliphatic carbocycles. The van der Waals surface area contributed by atoms with Crippen molar-refractivity contribution in [1.82, 2.24) is 0 Å². The molecule has 1 heterocycles. The normalized spacial score (nSPS) is 13.7. The minimum absolute atomic E-state index is 0.00958. The number of nitrogens with one attached hydrogen (secondary N) is 2. The van der Waals surface area contributed by atoms with Gasteiger partial charge in [0.2, 0.25) is 0 Å². The molecule has 0 amide bonds. The summed E-state index contributed by atoms with van der Waals surface area (Å²) in [5.41, 5.74) is 7.00. The Labute approximate surface area is 163 Å². The van der Waals surface area contributed by atoms with Crippen LogP contribution in [0.15, 0.2) is 47.9 Å². The Morgan fingerprint density at radius 2 is 1.73 bits per heavy atom. The average molecular weight is 381 g/mol. The lowest BCUT2D eigenvalue weighted by Crippen LogP contribution is -2.39. The molecule has 0 spiro atoms. The third-order valence-corrected chi connectivity index (χ3v) is 5.49. The van der Waals surface area contributed by atoms with Gasteiger partial charge < -0.3 is 10.5 Å². The van der Waals surface area contributed by atoms with Crippen molar-refractivity contribution in [3.8, 4) is 11.5 Å². The molecule has 0 saturated heterocycles. The molecule has 2 aromatic rings. The fourth-order valence-electron chi connectivity index (χ4n) is 3.08. The first-order chi connectivity index (χ1) is 12.5. The van der Waals surface area contributed by atoms with E-state index in [-0.39, 0.29) is 6.98 Å². The van der Waals surface area contributed by atoms with Crippen LogP contribution in [0.4, 0.5) is 11.4 Å². The Hall–Kier alpha value is -1.83. The first-order valence-electron chi connectivity index (χ1n) is 9.32. The highest BCUT2D eigenvalue weighted by Crippen LogP contribution is 2.34. The van der Waals surface area contributed by atoms with E-state index in [9.17, 15) is 0 Å². The number of hydrogen-bond donors (Lipinski definition) is 2. The van der Waals surface area contributed by atoms with Gasteiger partial charge in [-0.3, -0.25) is 0 Å². The van der Waals surface area contributed by atoms with Gasteiger partial charge in [0.15, 0.2) is 0 Å². The molecule has 2 aromatic carbocycles. The van der Waals surface area contributed by atoms with Gasteiger partial charge in [0.25, 0.3) is 0 Å². The van der Waals surface area contributed by atoms with Gasteiger partial charge in [0.05, 0.1) is 0 Å². The molecule has 2 N–H and O–H groups in total. The summed E-state index contributed by atoms with van der Waals surface area (Å²) in [5, 5.41) is 9.80. The first kappa shape index (κ1) is 18.9. The van der Waals surface area contributed by atoms with Gasteiger partial charge in [-0.15, -0.1) is 17.1 Å². The van der Waals surface area contributed by atoms with E-state index < -0.39 is 8.07 Å². The number of unbranched alkanes of at least 4 members (excludes halogenated alkanes) is 2. The minimum Gasteiger partial charge on any atom is -0.404 e. The van der Waals surface area contributed by atoms with Crippen molar-refractivity contribution in [3.63, 3.8) is 0 Å². The fourth-order valence-corrected chi connectivity index (χ4v) is 3.79. The number of hydrogen-bond acceptors (Lipinski definition) is 2. The van der Waals surface area contributed by atoms with Crippen molar-refractivity contribution in [2.45, 2.75) is 38.9 Å². The summed E-state index contributed by atoms with van der Waals surface area (Å²) in [6.45, 7) is 6.85. The van der Waals surface area contributed by atoms with Crippen LogP contribution in [0.3, 0.4) is 0 Å². The van der Waals surface area contributed by atoms with Crippen molar-refractivity contribution in [1.29, 1.82) is 0 Å². The molecule has 0 saturated carbocycles. The SMILES string of the molecule is C[Si](C)(C)C#C/C(=C\CCCCCl)B1Nc2cccc3cccc(c23)N1. The number of rotatable bonds is 5.